The topological polar surface area (TPSA) is 60.4 Å². The molecule has 0 spiro atoms. The van der Waals surface area contributed by atoms with Crippen LogP contribution in [0, 0.1) is 17.5 Å². The van der Waals surface area contributed by atoms with Gasteiger partial charge in [-0.05, 0) is 0 Å². The van der Waals surface area contributed by atoms with Gasteiger partial charge in [0.25, 0.3) is 0 Å². The second-order valence-electron chi connectivity index (χ2n) is 4.23. The fraction of sp³-hybridized carbons (Fsp3) is 0.333. The van der Waals surface area contributed by atoms with Crippen LogP contribution in [-0.4, -0.2) is 28.6 Å². The zero-order valence-corrected chi connectivity index (χ0v) is 11.0. The summed E-state index contributed by atoms with van der Waals surface area (Å²) in [6.45, 7) is 1.09. The van der Waals surface area contributed by atoms with Crippen LogP contribution >= 0.6 is 11.8 Å². The number of amides is 1. The molecule has 0 aliphatic carbocycles. The molecule has 1 heterocycles. The third kappa shape index (κ3) is 2.47. The molecule has 2 atom stereocenters. The molecule has 1 aromatic carbocycles. The van der Waals surface area contributed by atoms with E-state index in [1.807, 2.05) is 0 Å². The second-order valence-corrected chi connectivity index (χ2v) is 5.34. The van der Waals surface area contributed by atoms with E-state index in [4.69, 9.17) is 0 Å². The smallest absolute Gasteiger partial charge is 0.221 e. The quantitative estimate of drug-likeness (QED) is 0.811. The minimum atomic E-state index is -1.50. The van der Waals surface area contributed by atoms with Crippen molar-refractivity contribution in [3.05, 3.63) is 35.1 Å². The molecular weight excluding hydrogens is 295 g/mol. The molecule has 0 saturated carbocycles. The van der Waals surface area contributed by atoms with Crippen LogP contribution in [0.3, 0.4) is 0 Å². The fourth-order valence-corrected chi connectivity index (χ4v) is 3.59. The number of halogens is 3. The molecule has 0 N–H and O–H groups in total. The van der Waals surface area contributed by atoms with E-state index in [2.05, 4.69) is 0 Å². The first-order valence-electron chi connectivity index (χ1n) is 5.58. The number of nitrogens with zero attached hydrogens (tertiary/aromatic N) is 1. The van der Waals surface area contributed by atoms with Crippen LogP contribution in [0.1, 0.15) is 17.9 Å². The number of hydrogen-bond acceptors (Lipinski definition) is 4. The van der Waals surface area contributed by atoms with Crippen molar-refractivity contribution in [3.8, 4) is 0 Å². The minimum absolute atomic E-state index is 0.0527. The predicted octanol–water partition coefficient (Wildman–Crippen LogP) is 0.816. The van der Waals surface area contributed by atoms with Crippen molar-refractivity contribution < 1.29 is 27.9 Å². The molecule has 2 rings (SSSR count). The molecule has 1 aliphatic heterocycles. The fourth-order valence-electron chi connectivity index (χ4n) is 2.08. The van der Waals surface area contributed by atoms with Gasteiger partial charge in [-0.25, -0.2) is 13.2 Å². The Balaban J connectivity index is 2.47. The summed E-state index contributed by atoms with van der Waals surface area (Å²) in [6, 6.07) is -0.292. The van der Waals surface area contributed by atoms with Gasteiger partial charge in [-0.3, -0.25) is 4.79 Å². The Morgan fingerprint density at radius 3 is 2.30 bits per heavy atom. The van der Waals surface area contributed by atoms with Crippen LogP contribution in [0.15, 0.2) is 12.1 Å². The number of hydrogen-bond donors (Lipinski definition) is 0. The van der Waals surface area contributed by atoms with E-state index in [-0.39, 0.29) is 5.75 Å². The van der Waals surface area contributed by atoms with Crippen molar-refractivity contribution in [1.29, 1.82) is 0 Å². The van der Waals surface area contributed by atoms with Crippen molar-refractivity contribution in [3.63, 3.8) is 0 Å². The third-order valence-electron chi connectivity index (χ3n) is 2.93. The molecule has 1 aliphatic rings. The Kier molecular flexibility index (Phi) is 3.94. The summed E-state index contributed by atoms with van der Waals surface area (Å²) in [4.78, 5) is 23.3. The number of rotatable bonds is 2. The maximum atomic E-state index is 13.7. The standard InChI is InChI=1S/C12H10F3NO3S/c1-5(17)16-9(12(18)19)4-20-11(16)10-7(14)2-6(13)3-8(10)15/h2-3,9,11H,4H2,1H3,(H,18,19)/p-1. The highest BCUT2D eigenvalue weighted by molar-refractivity contribution is 7.99. The van der Waals surface area contributed by atoms with E-state index in [1.54, 1.807) is 0 Å². The molecule has 20 heavy (non-hydrogen) atoms. The maximum Gasteiger partial charge on any atom is 0.221 e. The number of carboxylic acids is 1. The van der Waals surface area contributed by atoms with Gasteiger partial charge >= 0.3 is 0 Å². The van der Waals surface area contributed by atoms with Crippen molar-refractivity contribution in [1.82, 2.24) is 4.90 Å². The lowest BCUT2D eigenvalue weighted by molar-refractivity contribution is -0.310. The second kappa shape index (κ2) is 5.35. The largest absolute Gasteiger partial charge is 0.548 e. The van der Waals surface area contributed by atoms with Crippen molar-refractivity contribution in [2.45, 2.75) is 18.3 Å². The molecule has 0 bridgehead atoms. The molecule has 8 heteroatoms. The highest BCUT2D eigenvalue weighted by Gasteiger charge is 2.40. The summed E-state index contributed by atoms with van der Waals surface area (Å²) in [5.41, 5.74) is -0.532. The van der Waals surface area contributed by atoms with Crippen LogP contribution in [0.2, 0.25) is 0 Å². The number of aliphatic carboxylic acids is 1. The predicted molar refractivity (Wildman–Crippen MR) is 62.8 cm³/mol. The van der Waals surface area contributed by atoms with Crippen molar-refractivity contribution >= 4 is 23.6 Å². The third-order valence-corrected chi connectivity index (χ3v) is 4.21. The van der Waals surface area contributed by atoms with Crippen molar-refractivity contribution in [2.75, 3.05) is 5.75 Å². The Bertz CT molecular complexity index is 558. The summed E-state index contributed by atoms with van der Waals surface area (Å²) in [5, 5.41) is 9.79. The lowest BCUT2D eigenvalue weighted by Crippen LogP contribution is -2.48. The van der Waals surface area contributed by atoms with Gasteiger partial charge in [0.05, 0.1) is 17.6 Å². The lowest BCUT2D eigenvalue weighted by Gasteiger charge is -2.29. The van der Waals surface area contributed by atoms with Gasteiger partial charge in [0.1, 0.15) is 22.8 Å². The highest BCUT2D eigenvalue weighted by Crippen LogP contribution is 2.43. The van der Waals surface area contributed by atoms with E-state index in [0.29, 0.717) is 12.1 Å². The molecule has 1 saturated heterocycles. The van der Waals surface area contributed by atoms with E-state index in [1.165, 1.54) is 0 Å². The Morgan fingerprint density at radius 1 is 1.30 bits per heavy atom. The number of thioether (sulfide) groups is 1. The van der Waals surface area contributed by atoms with E-state index in [9.17, 15) is 27.9 Å². The van der Waals surface area contributed by atoms with Crippen LogP contribution in [0.5, 0.6) is 0 Å². The lowest BCUT2D eigenvalue weighted by atomic mass is 10.1. The van der Waals surface area contributed by atoms with Crippen LogP contribution in [0.25, 0.3) is 0 Å². The molecule has 1 amide bonds. The van der Waals surface area contributed by atoms with Crippen molar-refractivity contribution in [2.24, 2.45) is 0 Å². The van der Waals surface area contributed by atoms with Gasteiger partial charge in [-0.1, -0.05) is 0 Å². The van der Waals surface area contributed by atoms with Gasteiger partial charge in [0.2, 0.25) is 5.91 Å². The molecule has 108 valence electrons. The Hall–Kier alpha value is -1.70. The van der Waals surface area contributed by atoms with E-state index in [0.717, 1.165) is 23.6 Å². The van der Waals surface area contributed by atoms with Gasteiger partial charge in [0.15, 0.2) is 0 Å². The monoisotopic (exact) mass is 304 g/mol. The molecular formula is C12H9F3NO3S-. The van der Waals surface area contributed by atoms with Gasteiger partial charge in [0, 0.05) is 24.8 Å². The van der Waals surface area contributed by atoms with Gasteiger partial charge < -0.3 is 14.8 Å². The molecule has 1 fully saturated rings. The Morgan fingerprint density at radius 2 is 1.85 bits per heavy atom. The van der Waals surface area contributed by atoms with Crippen LogP contribution in [-0.2, 0) is 9.59 Å². The zero-order chi connectivity index (χ0) is 15.0. The van der Waals surface area contributed by atoms with Gasteiger partial charge in [-0.15, -0.1) is 11.8 Å². The summed E-state index contributed by atoms with van der Waals surface area (Å²) < 4.78 is 40.4. The van der Waals surface area contributed by atoms with Gasteiger partial charge in [-0.2, -0.15) is 0 Å². The van der Waals surface area contributed by atoms with E-state index >= 15 is 0 Å². The highest BCUT2D eigenvalue weighted by atomic mass is 32.2. The maximum absolute atomic E-state index is 13.7. The summed E-state index contributed by atoms with van der Waals surface area (Å²) in [6.07, 6.45) is 0. The number of carbonyl (C=O) groups excluding carboxylic acids is 2. The number of carbonyl (C=O) groups is 2. The molecule has 4 nitrogen and oxygen atoms in total. The number of benzene rings is 1. The summed E-state index contributed by atoms with van der Waals surface area (Å²) in [5.74, 6) is -5.62. The summed E-state index contributed by atoms with van der Waals surface area (Å²) in [7, 11) is 0. The average Bonchev–Trinajstić information content (AvgIpc) is 2.72. The van der Waals surface area contributed by atoms with Crippen LogP contribution < -0.4 is 5.11 Å². The molecule has 1 aromatic rings. The normalized spacial score (nSPS) is 22.1. The SMILES string of the molecule is CC(=O)N1C(C(=O)[O-])CSC1c1c(F)cc(F)cc1F. The first-order valence-corrected chi connectivity index (χ1v) is 6.63. The number of carboxylic acid groups (broad SMARTS) is 1. The average molecular weight is 304 g/mol. The Labute approximate surface area is 116 Å². The summed E-state index contributed by atoms with van der Waals surface area (Å²) >= 11 is 0.884. The molecule has 2 unspecified atom stereocenters. The first-order chi connectivity index (χ1) is 9.32. The molecule has 0 radical (unpaired) electrons. The zero-order valence-electron chi connectivity index (χ0n) is 10.2. The first kappa shape index (κ1) is 14.7. The van der Waals surface area contributed by atoms with E-state index < -0.39 is 46.3 Å². The minimum Gasteiger partial charge on any atom is -0.548 e. The van der Waals surface area contributed by atoms with Crippen LogP contribution in [0.4, 0.5) is 13.2 Å². The molecule has 0 aromatic heterocycles.